The molecule has 0 saturated carbocycles. The number of thiol groups is 2. The minimum atomic E-state index is -1.30. The number of aliphatic hydroxyl groups is 3. The first-order chi connectivity index (χ1) is 7.56. The van der Waals surface area contributed by atoms with Crippen molar-refractivity contribution in [3.63, 3.8) is 0 Å². The van der Waals surface area contributed by atoms with E-state index in [4.69, 9.17) is 14.6 Å². The van der Waals surface area contributed by atoms with Crippen LogP contribution in [0.4, 0.5) is 0 Å². The van der Waals surface area contributed by atoms with Crippen LogP contribution in [0.3, 0.4) is 0 Å². The molecule has 0 aliphatic carbocycles. The first-order valence-corrected chi connectivity index (χ1v) is 6.29. The lowest BCUT2D eigenvalue weighted by molar-refractivity contribution is -0.228. The van der Waals surface area contributed by atoms with Gasteiger partial charge in [-0.2, -0.15) is 25.3 Å². The zero-order chi connectivity index (χ0) is 12.6. The van der Waals surface area contributed by atoms with E-state index in [9.17, 15) is 10.2 Å². The fourth-order valence-electron chi connectivity index (χ4n) is 0.949. The summed E-state index contributed by atoms with van der Waals surface area (Å²) in [5, 5.41) is 27.6. The maximum atomic E-state index is 9.64. The second-order valence-electron chi connectivity index (χ2n) is 3.33. The van der Waals surface area contributed by atoms with Gasteiger partial charge in [-0.3, -0.25) is 0 Å². The maximum Gasteiger partial charge on any atom is 0.186 e. The van der Waals surface area contributed by atoms with Gasteiger partial charge in [0.15, 0.2) is 6.29 Å². The summed E-state index contributed by atoms with van der Waals surface area (Å²) in [6, 6.07) is 0. The average Bonchev–Trinajstić information content (AvgIpc) is 2.31. The summed E-state index contributed by atoms with van der Waals surface area (Å²) in [4.78, 5) is 0. The number of rotatable bonds is 9. The Kier molecular flexibility index (Phi) is 9.82. The molecule has 0 radical (unpaired) electrons. The fourth-order valence-corrected chi connectivity index (χ4v) is 1.14. The molecule has 0 bridgehead atoms. The monoisotopic (exact) mass is 272 g/mol. The number of hydrogen-bond donors (Lipinski definition) is 5. The van der Waals surface area contributed by atoms with E-state index in [-0.39, 0.29) is 12.7 Å². The summed E-state index contributed by atoms with van der Waals surface area (Å²) < 4.78 is 10.5. The molecule has 0 fully saturated rings. The molecule has 0 aliphatic heterocycles. The van der Waals surface area contributed by atoms with E-state index < -0.39 is 25.1 Å². The smallest absolute Gasteiger partial charge is 0.186 e. The van der Waals surface area contributed by atoms with Gasteiger partial charge in [0.05, 0.1) is 19.3 Å². The zero-order valence-corrected chi connectivity index (χ0v) is 11.0. The van der Waals surface area contributed by atoms with E-state index in [2.05, 4.69) is 25.3 Å². The third-order valence-corrected chi connectivity index (χ3v) is 2.55. The Labute approximate surface area is 107 Å². The van der Waals surface area contributed by atoms with Crippen molar-refractivity contribution in [2.75, 3.05) is 24.7 Å². The van der Waals surface area contributed by atoms with Crippen LogP contribution in [0, 0.1) is 0 Å². The lowest BCUT2D eigenvalue weighted by Crippen LogP contribution is -2.44. The molecular weight excluding hydrogens is 252 g/mol. The minimum absolute atomic E-state index is 0.228. The average molecular weight is 272 g/mol. The molecule has 0 heterocycles. The van der Waals surface area contributed by atoms with Crippen molar-refractivity contribution in [2.24, 2.45) is 0 Å². The van der Waals surface area contributed by atoms with Gasteiger partial charge in [0.2, 0.25) is 0 Å². The van der Waals surface area contributed by atoms with Gasteiger partial charge in [-0.25, -0.2) is 0 Å². The van der Waals surface area contributed by atoms with E-state index >= 15 is 0 Å². The highest BCUT2D eigenvalue weighted by Gasteiger charge is 2.28. The molecule has 4 atom stereocenters. The Morgan fingerprint density at radius 1 is 1.25 bits per heavy atom. The lowest BCUT2D eigenvalue weighted by Gasteiger charge is -2.28. The summed E-state index contributed by atoms with van der Waals surface area (Å²) in [6.45, 7) is 1.49. The van der Waals surface area contributed by atoms with E-state index in [1.165, 1.54) is 0 Å². The molecule has 98 valence electrons. The van der Waals surface area contributed by atoms with Crippen molar-refractivity contribution in [2.45, 2.75) is 31.5 Å². The van der Waals surface area contributed by atoms with E-state index in [1.807, 2.05) is 0 Å². The predicted molar refractivity (Wildman–Crippen MR) is 67.1 cm³/mol. The molecule has 0 aromatic heterocycles. The van der Waals surface area contributed by atoms with Gasteiger partial charge < -0.3 is 24.8 Å². The summed E-state index contributed by atoms with van der Waals surface area (Å²) in [6.07, 6.45) is -3.81. The van der Waals surface area contributed by atoms with E-state index in [1.54, 1.807) is 6.92 Å². The molecule has 16 heavy (non-hydrogen) atoms. The highest BCUT2D eigenvalue weighted by Crippen LogP contribution is 2.10. The molecule has 0 aromatic rings. The number of aliphatic hydroxyl groups excluding tert-OH is 3. The number of hydrogen-bond acceptors (Lipinski definition) is 7. The van der Waals surface area contributed by atoms with Crippen LogP contribution in [0.5, 0.6) is 0 Å². The normalized spacial score (nSPS) is 19.1. The van der Waals surface area contributed by atoms with Crippen LogP contribution < -0.4 is 0 Å². The van der Waals surface area contributed by atoms with Crippen LogP contribution in [0.25, 0.3) is 0 Å². The molecule has 5 nitrogen and oxygen atoms in total. The molecule has 0 spiro atoms. The largest absolute Gasteiger partial charge is 0.394 e. The van der Waals surface area contributed by atoms with Gasteiger partial charge >= 0.3 is 0 Å². The van der Waals surface area contributed by atoms with Crippen molar-refractivity contribution in [3.8, 4) is 0 Å². The Morgan fingerprint density at radius 3 is 2.31 bits per heavy atom. The second-order valence-corrected chi connectivity index (χ2v) is 4.14. The van der Waals surface area contributed by atoms with Crippen LogP contribution in [0.1, 0.15) is 6.92 Å². The van der Waals surface area contributed by atoms with Gasteiger partial charge in [0.25, 0.3) is 0 Å². The van der Waals surface area contributed by atoms with Gasteiger partial charge in [0.1, 0.15) is 12.2 Å². The van der Waals surface area contributed by atoms with E-state index in [0.29, 0.717) is 11.5 Å². The van der Waals surface area contributed by atoms with Crippen LogP contribution in [-0.2, 0) is 9.47 Å². The third-order valence-electron chi connectivity index (χ3n) is 1.86. The first-order valence-electron chi connectivity index (χ1n) is 5.02. The van der Waals surface area contributed by atoms with E-state index in [0.717, 1.165) is 0 Å². The Hall–Kier alpha value is 0.500. The van der Waals surface area contributed by atoms with Crippen molar-refractivity contribution in [1.29, 1.82) is 0 Å². The molecule has 3 unspecified atom stereocenters. The molecule has 0 amide bonds. The van der Waals surface area contributed by atoms with Crippen molar-refractivity contribution >= 4 is 25.3 Å². The maximum absolute atomic E-state index is 9.64. The van der Waals surface area contributed by atoms with Crippen LogP contribution in [0.15, 0.2) is 0 Å². The Morgan fingerprint density at radius 2 is 1.88 bits per heavy atom. The Balaban J connectivity index is 4.27. The summed E-state index contributed by atoms with van der Waals surface area (Å²) in [5.41, 5.74) is 0. The summed E-state index contributed by atoms with van der Waals surface area (Å²) >= 11 is 8.00. The quantitative estimate of drug-likeness (QED) is 0.284. The van der Waals surface area contributed by atoms with Crippen molar-refractivity contribution in [3.05, 3.63) is 0 Å². The van der Waals surface area contributed by atoms with Gasteiger partial charge in [0, 0.05) is 11.5 Å². The third kappa shape index (κ3) is 6.29. The van der Waals surface area contributed by atoms with Gasteiger partial charge in [-0.1, -0.05) is 0 Å². The minimum Gasteiger partial charge on any atom is -0.394 e. The molecule has 0 aliphatic rings. The van der Waals surface area contributed by atoms with Crippen molar-refractivity contribution < 1.29 is 24.8 Å². The molecule has 7 heteroatoms. The highest BCUT2D eigenvalue weighted by molar-refractivity contribution is 7.80. The summed E-state index contributed by atoms with van der Waals surface area (Å²) in [7, 11) is 0. The first kappa shape index (κ1) is 16.5. The SMILES string of the molecule is CC(CS)OC(OCCS)C(O)[C@H](O)CO. The van der Waals surface area contributed by atoms with Crippen molar-refractivity contribution in [1.82, 2.24) is 0 Å². The zero-order valence-electron chi connectivity index (χ0n) is 9.19. The van der Waals surface area contributed by atoms with Gasteiger partial charge in [-0.15, -0.1) is 0 Å². The Bertz CT molecular complexity index is 172. The molecule has 0 aromatic carbocycles. The van der Waals surface area contributed by atoms with Crippen LogP contribution >= 0.6 is 25.3 Å². The van der Waals surface area contributed by atoms with Crippen LogP contribution in [0.2, 0.25) is 0 Å². The molecule has 3 N–H and O–H groups in total. The topological polar surface area (TPSA) is 79.2 Å². The predicted octanol–water partition coefficient (Wildman–Crippen LogP) is -0.692. The van der Waals surface area contributed by atoms with Crippen LogP contribution in [-0.4, -0.2) is 64.6 Å². The highest BCUT2D eigenvalue weighted by atomic mass is 32.1. The van der Waals surface area contributed by atoms with Gasteiger partial charge in [-0.05, 0) is 6.92 Å². The molecular formula is C9H20O5S2. The molecule has 0 saturated heterocycles. The second kappa shape index (κ2) is 9.52. The number of ether oxygens (including phenoxy) is 2. The molecule has 0 rings (SSSR count). The summed E-state index contributed by atoms with van der Waals surface area (Å²) in [5.74, 6) is 0.930. The lowest BCUT2D eigenvalue weighted by atomic mass is 10.2. The fraction of sp³-hybridized carbons (Fsp3) is 1.00. The standard InChI is InChI=1S/C9H20O5S2/c1-6(5-16)14-9(13-2-3-15)8(12)7(11)4-10/h6-12,15-16H,2-5H2,1H3/t6?,7-,8?,9?/m1/s1.